The molecule has 3 rings (SSSR count). The molecule has 0 atom stereocenters. The summed E-state index contributed by atoms with van der Waals surface area (Å²) in [5.74, 6) is 0.903. The molecule has 3 aromatic rings. The number of nitrogens with zero attached hydrogens (tertiary/aromatic N) is 2. The largest absolute Gasteiger partial charge is 0.370 e. The minimum Gasteiger partial charge on any atom is -0.370 e. The number of nitrogens with one attached hydrogen (secondary N) is 2. The van der Waals surface area contributed by atoms with Gasteiger partial charge in [-0.25, -0.2) is 4.98 Å². The lowest BCUT2D eigenvalue weighted by Gasteiger charge is -2.08. The number of benzene rings is 1. The zero-order valence-electron chi connectivity index (χ0n) is 12.9. The molecule has 2 N–H and O–H groups in total. The lowest BCUT2D eigenvalue weighted by atomic mass is 10.1. The molecule has 4 heteroatoms. The third-order valence-electron chi connectivity index (χ3n) is 3.78. The Balaban J connectivity index is 1.66. The number of aryl methyl sites for hydroxylation is 2. The number of rotatable bonds is 5. The van der Waals surface area contributed by atoms with Gasteiger partial charge in [-0.05, 0) is 38.0 Å². The van der Waals surface area contributed by atoms with Crippen LogP contribution in [0.4, 0.5) is 5.82 Å². The van der Waals surface area contributed by atoms with Gasteiger partial charge in [0.2, 0.25) is 0 Å². The number of pyridine rings is 1. The van der Waals surface area contributed by atoms with Gasteiger partial charge in [0.05, 0.1) is 11.4 Å². The minimum absolute atomic E-state index is 0.840. The Morgan fingerprint density at radius 3 is 2.55 bits per heavy atom. The van der Waals surface area contributed by atoms with Gasteiger partial charge >= 0.3 is 0 Å². The summed E-state index contributed by atoms with van der Waals surface area (Å²) in [6.07, 6.45) is 0.936. The summed E-state index contributed by atoms with van der Waals surface area (Å²) in [5.41, 5.74) is 5.62. The Bertz CT molecular complexity index is 727. The molecule has 1 aromatic carbocycles. The Morgan fingerprint density at radius 2 is 1.82 bits per heavy atom. The molecule has 0 spiro atoms. The summed E-state index contributed by atoms with van der Waals surface area (Å²) in [4.78, 5) is 4.67. The average molecular weight is 292 g/mol. The molecule has 0 aliphatic heterocycles. The van der Waals surface area contributed by atoms with E-state index in [1.54, 1.807) is 0 Å². The van der Waals surface area contributed by atoms with Crippen LogP contribution < -0.4 is 5.32 Å². The molecule has 0 amide bonds. The molecule has 0 fully saturated rings. The smallest absolute Gasteiger partial charge is 0.126 e. The van der Waals surface area contributed by atoms with Gasteiger partial charge in [-0.1, -0.05) is 36.4 Å². The van der Waals surface area contributed by atoms with Gasteiger partial charge in [-0.15, -0.1) is 0 Å². The zero-order chi connectivity index (χ0) is 15.4. The topological polar surface area (TPSA) is 53.6 Å². The molecule has 2 heterocycles. The molecule has 0 unspecified atom stereocenters. The SMILES string of the molecule is Cc1n[nH]c(C)c1CCNc1cccc(-c2ccccc2)n1. The van der Waals surface area contributed by atoms with E-state index >= 15 is 0 Å². The van der Waals surface area contributed by atoms with Crippen LogP contribution in [0.25, 0.3) is 11.3 Å². The maximum atomic E-state index is 4.67. The summed E-state index contributed by atoms with van der Waals surface area (Å²) in [6.45, 7) is 4.93. The average Bonchev–Trinajstić information content (AvgIpc) is 2.88. The highest BCUT2D eigenvalue weighted by Crippen LogP contribution is 2.18. The molecular weight excluding hydrogens is 272 g/mol. The fraction of sp³-hybridized carbons (Fsp3) is 0.222. The molecular formula is C18H20N4. The van der Waals surface area contributed by atoms with Gasteiger partial charge in [-0.2, -0.15) is 5.10 Å². The third kappa shape index (κ3) is 3.17. The monoisotopic (exact) mass is 292 g/mol. The Morgan fingerprint density at radius 1 is 1.00 bits per heavy atom. The van der Waals surface area contributed by atoms with Crippen molar-refractivity contribution < 1.29 is 0 Å². The summed E-state index contributed by atoms with van der Waals surface area (Å²) >= 11 is 0. The van der Waals surface area contributed by atoms with Crippen molar-refractivity contribution in [3.8, 4) is 11.3 Å². The van der Waals surface area contributed by atoms with Crippen LogP contribution >= 0.6 is 0 Å². The molecule has 22 heavy (non-hydrogen) atoms. The second-order valence-electron chi connectivity index (χ2n) is 5.36. The van der Waals surface area contributed by atoms with Crippen molar-refractivity contribution in [2.75, 3.05) is 11.9 Å². The van der Waals surface area contributed by atoms with E-state index < -0.39 is 0 Å². The number of aromatic nitrogens is 3. The summed E-state index contributed by atoms with van der Waals surface area (Å²) < 4.78 is 0. The summed E-state index contributed by atoms with van der Waals surface area (Å²) in [7, 11) is 0. The van der Waals surface area contributed by atoms with E-state index in [1.165, 1.54) is 5.56 Å². The number of hydrogen-bond acceptors (Lipinski definition) is 3. The van der Waals surface area contributed by atoms with Crippen molar-refractivity contribution in [2.45, 2.75) is 20.3 Å². The summed E-state index contributed by atoms with van der Waals surface area (Å²) in [6, 6.07) is 16.3. The standard InChI is InChI=1S/C18H20N4/c1-13-16(14(2)22-21-13)11-12-19-18-10-6-9-17(20-18)15-7-4-3-5-8-15/h3-10H,11-12H2,1-2H3,(H,19,20)(H,21,22). The van der Waals surface area contributed by atoms with E-state index in [0.29, 0.717) is 0 Å². The second-order valence-corrected chi connectivity index (χ2v) is 5.36. The molecule has 0 saturated carbocycles. The molecule has 4 nitrogen and oxygen atoms in total. The first kappa shape index (κ1) is 14.3. The first-order valence-corrected chi connectivity index (χ1v) is 7.51. The lowest BCUT2D eigenvalue weighted by Crippen LogP contribution is -2.07. The van der Waals surface area contributed by atoms with Gasteiger partial charge in [0.15, 0.2) is 0 Å². The zero-order valence-corrected chi connectivity index (χ0v) is 12.9. The van der Waals surface area contributed by atoms with Gasteiger partial charge in [0.25, 0.3) is 0 Å². The maximum Gasteiger partial charge on any atom is 0.126 e. The molecule has 0 aliphatic carbocycles. The van der Waals surface area contributed by atoms with E-state index in [2.05, 4.69) is 39.6 Å². The molecule has 112 valence electrons. The van der Waals surface area contributed by atoms with Gasteiger partial charge in [0.1, 0.15) is 5.82 Å². The van der Waals surface area contributed by atoms with Crippen LogP contribution in [-0.4, -0.2) is 21.7 Å². The number of aromatic amines is 1. The Labute approximate surface area is 130 Å². The van der Waals surface area contributed by atoms with Crippen LogP contribution in [0.5, 0.6) is 0 Å². The first-order chi connectivity index (χ1) is 10.7. The Kier molecular flexibility index (Phi) is 4.19. The molecule has 2 aromatic heterocycles. The van der Waals surface area contributed by atoms with E-state index in [1.807, 2.05) is 43.3 Å². The van der Waals surface area contributed by atoms with Crippen molar-refractivity contribution in [3.05, 3.63) is 65.5 Å². The number of anilines is 1. The van der Waals surface area contributed by atoms with Crippen LogP contribution in [0, 0.1) is 13.8 Å². The fourth-order valence-corrected chi connectivity index (χ4v) is 2.56. The highest BCUT2D eigenvalue weighted by atomic mass is 15.1. The van der Waals surface area contributed by atoms with Crippen LogP contribution in [-0.2, 0) is 6.42 Å². The van der Waals surface area contributed by atoms with E-state index in [9.17, 15) is 0 Å². The van der Waals surface area contributed by atoms with Gasteiger partial charge in [-0.3, -0.25) is 5.10 Å². The summed E-state index contributed by atoms with van der Waals surface area (Å²) in [5, 5.41) is 10.6. The van der Waals surface area contributed by atoms with Crippen LogP contribution in [0.2, 0.25) is 0 Å². The quantitative estimate of drug-likeness (QED) is 0.753. The van der Waals surface area contributed by atoms with Crippen molar-refractivity contribution in [3.63, 3.8) is 0 Å². The van der Waals surface area contributed by atoms with Crippen LogP contribution in [0.15, 0.2) is 48.5 Å². The van der Waals surface area contributed by atoms with Crippen molar-refractivity contribution in [1.82, 2.24) is 15.2 Å². The number of hydrogen-bond donors (Lipinski definition) is 2. The highest BCUT2D eigenvalue weighted by Gasteiger charge is 2.06. The van der Waals surface area contributed by atoms with Gasteiger partial charge < -0.3 is 5.32 Å². The van der Waals surface area contributed by atoms with Crippen molar-refractivity contribution >= 4 is 5.82 Å². The van der Waals surface area contributed by atoms with Gasteiger partial charge in [0, 0.05) is 17.8 Å². The lowest BCUT2D eigenvalue weighted by molar-refractivity contribution is 0.983. The fourth-order valence-electron chi connectivity index (χ4n) is 2.56. The van der Waals surface area contributed by atoms with Crippen LogP contribution in [0.1, 0.15) is 17.0 Å². The third-order valence-corrected chi connectivity index (χ3v) is 3.78. The predicted molar refractivity (Wildman–Crippen MR) is 89.9 cm³/mol. The molecule has 0 bridgehead atoms. The molecule has 0 aliphatic rings. The van der Waals surface area contributed by atoms with E-state index in [4.69, 9.17) is 0 Å². The van der Waals surface area contributed by atoms with E-state index in [0.717, 1.165) is 41.4 Å². The van der Waals surface area contributed by atoms with Crippen molar-refractivity contribution in [1.29, 1.82) is 0 Å². The molecule has 0 saturated heterocycles. The first-order valence-electron chi connectivity index (χ1n) is 7.51. The van der Waals surface area contributed by atoms with Crippen molar-refractivity contribution in [2.24, 2.45) is 0 Å². The normalized spacial score (nSPS) is 10.6. The Hall–Kier alpha value is -2.62. The number of H-pyrrole nitrogens is 1. The predicted octanol–water partition coefficient (Wildman–Crippen LogP) is 3.74. The molecule has 0 radical (unpaired) electrons. The second kappa shape index (κ2) is 6.43. The maximum absolute atomic E-state index is 4.67. The minimum atomic E-state index is 0.840. The highest BCUT2D eigenvalue weighted by molar-refractivity contribution is 5.60. The van der Waals surface area contributed by atoms with E-state index in [-0.39, 0.29) is 0 Å². The van der Waals surface area contributed by atoms with Crippen LogP contribution in [0.3, 0.4) is 0 Å².